The Hall–Kier alpha value is -3.66. The summed E-state index contributed by atoms with van der Waals surface area (Å²) in [5.41, 5.74) is 5.20. The average molecular weight is 492 g/mol. The lowest BCUT2D eigenvalue weighted by molar-refractivity contribution is -0.146. The Morgan fingerprint density at radius 2 is 1.59 bits per heavy atom. The minimum atomic E-state index is -0.442. The van der Waals surface area contributed by atoms with Gasteiger partial charge < -0.3 is 10.1 Å². The Morgan fingerprint density at radius 3 is 2.41 bits per heavy atom. The number of hydrogen-bond acceptors (Lipinski definition) is 4. The van der Waals surface area contributed by atoms with Gasteiger partial charge in [-0.05, 0) is 66.8 Å². The van der Waals surface area contributed by atoms with E-state index in [9.17, 15) is 9.59 Å². The smallest absolute Gasteiger partial charge is 0.337 e. The second-order valence-corrected chi connectivity index (χ2v) is 10.7. The third-order valence-electron chi connectivity index (χ3n) is 8.28. The number of carbonyl (C=O) groups excluding carboxylic acids is 2. The van der Waals surface area contributed by atoms with Crippen LogP contribution in [0, 0.1) is 0 Å². The van der Waals surface area contributed by atoms with E-state index in [1.165, 1.54) is 12.0 Å². The molecule has 4 nitrogen and oxygen atoms in total. The van der Waals surface area contributed by atoms with E-state index in [2.05, 4.69) is 41.7 Å². The van der Waals surface area contributed by atoms with Gasteiger partial charge in [-0.1, -0.05) is 79.2 Å². The lowest BCUT2D eigenvalue weighted by Crippen LogP contribution is -2.37. The summed E-state index contributed by atoms with van der Waals surface area (Å²) in [4.78, 5) is 27.7. The summed E-state index contributed by atoms with van der Waals surface area (Å²) in [5, 5.41) is 5.67. The van der Waals surface area contributed by atoms with Gasteiger partial charge in [0.25, 0.3) is 0 Å². The minimum absolute atomic E-state index is 0.0467. The molecule has 1 N–H and O–H groups in total. The maximum Gasteiger partial charge on any atom is 0.337 e. The Kier molecular flexibility index (Phi) is 6.42. The average Bonchev–Trinajstić information content (AvgIpc) is 2.93. The maximum absolute atomic E-state index is 13.9. The van der Waals surface area contributed by atoms with Crippen molar-refractivity contribution in [3.63, 3.8) is 0 Å². The molecule has 6 rings (SSSR count). The lowest BCUT2D eigenvalue weighted by Gasteiger charge is -2.37. The first-order valence-corrected chi connectivity index (χ1v) is 13.6. The van der Waals surface area contributed by atoms with Crippen LogP contribution in [0.4, 0.5) is 0 Å². The summed E-state index contributed by atoms with van der Waals surface area (Å²) in [6.45, 7) is 1.95. The van der Waals surface area contributed by atoms with Crippen LogP contribution in [0.25, 0.3) is 10.8 Å². The van der Waals surface area contributed by atoms with Gasteiger partial charge in [0.1, 0.15) is 6.10 Å². The van der Waals surface area contributed by atoms with Crippen LogP contribution in [-0.4, -0.2) is 17.9 Å². The van der Waals surface area contributed by atoms with E-state index >= 15 is 0 Å². The molecule has 3 aromatic rings. The van der Waals surface area contributed by atoms with Gasteiger partial charge in [0.2, 0.25) is 0 Å². The topological polar surface area (TPSA) is 55.4 Å². The maximum atomic E-state index is 13.9. The number of ketones is 1. The van der Waals surface area contributed by atoms with Gasteiger partial charge in [-0.15, -0.1) is 0 Å². The summed E-state index contributed by atoms with van der Waals surface area (Å²) in [5.74, 6) is -0.505. The number of carbonyl (C=O) groups is 2. The van der Waals surface area contributed by atoms with Crippen molar-refractivity contribution in [1.82, 2.24) is 5.32 Å². The van der Waals surface area contributed by atoms with Crippen molar-refractivity contribution in [2.24, 2.45) is 0 Å². The summed E-state index contributed by atoms with van der Waals surface area (Å²) >= 11 is 0. The second-order valence-electron chi connectivity index (χ2n) is 10.7. The minimum Gasteiger partial charge on any atom is -0.459 e. The van der Waals surface area contributed by atoms with Crippen molar-refractivity contribution in [3.05, 3.63) is 106 Å². The zero-order valence-corrected chi connectivity index (χ0v) is 21.3. The van der Waals surface area contributed by atoms with Crippen LogP contribution in [0.1, 0.15) is 74.8 Å². The number of benzene rings is 3. The third kappa shape index (κ3) is 4.50. The van der Waals surface area contributed by atoms with Crippen LogP contribution in [0.2, 0.25) is 0 Å². The number of hydrogen-bond donors (Lipinski definition) is 1. The molecule has 0 amide bonds. The predicted octanol–water partition coefficient (Wildman–Crippen LogP) is 7.08. The van der Waals surface area contributed by atoms with Crippen molar-refractivity contribution in [1.29, 1.82) is 0 Å². The van der Waals surface area contributed by atoms with E-state index in [4.69, 9.17) is 4.74 Å². The highest BCUT2D eigenvalue weighted by molar-refractivity contribution is 6.05. The Labute approximate surface area is 218 Å². The molecule has 3 aromatic carbocycles. The molecule has 2 atom stereocenters. The van der Waals surface area contributed by atoms with Gasteiger partial charge in [0, 0.05) is 29.3 Å². The SMILES string of the molecule is CC1=C(C(=O)OC2CCCCC2)[C@H](c2cccc3ccccc23)C2=C(C[C@H](c3ccccc3)CC2=O)N1. The first-order chi connectivity index (χ1) is 18.1. The van der Waals surface area contributed by atoms with E-state index in [0.29, 0.717) is 12.0 Å². The summed E-state index contributed by atoms with van der Waals surface area (Å²) < 4.78 is 6.10. The van der Waals surface area contributed by atoms with Crippen molar-refractivity contribution >= 4 is 22.5 Å². The quantitative estimate of drug-likeness (QED) is 0.396. The summed E-state index contributed by atoms with van der Waals surface area (Å²) in [6.07, 6.45) is 6.35. The van der Waals surface area contributed by atoms with Crippen molar-refractivity contribution in [2.45, 2.75) is 69.8 Å². The number of Topliss-reactive ketones (excluding diaryl/α,β-unsaturated/α-hetero) is 1. The zero-order chi connectivity index (χ0) is 25.4. The number of fused-ring (bicyclic) bond motifs is 1. The van der Waals surface area contributed by atoms with Gasteiger partial charge in [0.05, 0.1) is 5.57 Å². The summed E-state index contributed by atoms with van der Waals surface area (Å²) in [6, 6.07) is 24.7. The van der Waals surface area contributed by atoms with Gasteiger partial charge in [-0.25, -0.2) is 4.79 Å². The van der Waals surface area contributed by atoms with E-state index < -0.39 is 5.92 Å². The monoisotopic (exact) mass is 491 g/mol. The largest absolute Gasteiger partial charge is 0.459 e. The predicted molar refractivity (Wildman–Crippen MR) is 146 cm³/mol. The highest BCUT2D eigenvalue weighted by Gasteiger charge is 2.42. The number of dihydropyridines is 1. The van der Waals surface area contributed by atoms with Crippen LogP contribution in [0.5, 0.6) is 0 Å². The van der Waals surface area contributed by atoms with E-state index in [1.54, 1.807) is 0 Å². The number of nitrogens with one attached hydrogen (secondary N) is 1. The standard InChI is InChI=1S/C33H33NO3/c1-21-30(33(36)37-25-15-6-3-7-16-25)31(27-18-10-14-23-13-8-9-17-26(23)27)32-28(34-21)19-24(20-29(32)35)22-11-4-2-5-12-22/h2,4-5,8-14,17-18,24-25,31,34H,3,6-7,15-16,19-20H2,1H3/t24-,31-/m0/s1. The van der Waals surface area contributed by atoms with Crippen molar-refractivity contribution in [2.75, 3.05) is 0 Å². The fraction of sp³-hybridized carbons (Fsp3) is 0.333. The molecular formula is C33H33NO3. The first-order valence-electron chi connectivity index (χ1n) is 13.6. The molecule has 1 fully saturated rings. The van der Waals surface area contributed by atoms with Gasteiger partial charge in [-0.2, -0.15) is 0 Å². The molecule has 1 saturated carbocycles. The molecule has 1 aliphatic heterocycles. The Bertz CT molecular complexity index is 1410. The van der Waals surface area contributed by atoms with E-state index in [0.717, 1.165) is 65.4 Å². The second kappa shape index (κ2) is 10.0. The molecule has 0 radical (unpaired) electrons. The van der Waals surface area contributed by atoms with E-state index in [-0.39, 0.29) is 23.8 Å². The molecule has 37 heavy (non-hydrogen) atoms. The Morgan fingerprint density at radius 1 is 0.865 bits per heavy atom. The number of esters is 1. The Balaban J connectivity index is 1.45. The fourth-order valence-corrected chi connectivity index (χ4v) is 6.48. The van der Waals surface area contributed by atoms with Gasteiger partial charge >= 0.3 is 5.97 Å². The van der Waals surface area contributed by atoms with Crippen LogP contribution in [-0.2, 0) is 14.3 Å². The van der Waals surface area contributed by atoms with Crippen molar-refractivity contribution in [3.8, 4) is 0 Å². The molecule has 4 heteroatoms. The molecule has 0 saturated heterocycles. The molecule has 1 heterocycles. The normalized spacial score (nSPS) is 22.6. The van der Waals surface area contributed by atoms with Crippen LogP contribution < -0.4 is 5.32 Å². The first kappa shape index (κ1) is 23.7. The molecule has 188 valence electrons. The molecule has 2 aliphatic carbocycles. The molecule has 0 bridgehead atoms. The van der Waals surface area contributed by atoms with Gasteiger partial charge in [-0.3, -0.25) is 4.79 Å². The number of allylic oxidation sites excluding steroid dienone is 3. The molecule has 0 spiro atoms. The van der Waals surface area contributed by atoms with Crippen LogP contribution in [0.3, 0.4) is 0 Å². The highest BCUT2D eigenvalue weighted by Crippen LogP contribution is 2.47. The van der Waals surface area contributed by atoms with E-state index in [1.807, 2.05) is 43.3 Å². The number of ether oxygens (including phenoxy) is 1. The van der Waals surface area contributed by atoms with Crippen LogP contribution >= 0.6 is 0 Å². The molecular weight excluding hydrogens is 458 g/mol. The van der Waals surface area contributed by atoms with Crippen molar-refractivity contribution < 1.29 is 14.3 Å². The number of rotatable bonds is 4. The zero-order valence-electron chi connectivity index (χ0n) is 21.3. The fourth-order valence-electron chi connectivity index (χ4n) is 6.48. The van der Waals surface area contributed by atoms with Crippen LogP contribution in [0.15, 0.2) is 95.3 Å². The van der Waals surface area contributed by atoms with Gasteiger partial charge in [0.15, 0.2) is 5.78 Å². The molecule has 0 aromatic heterocycles. The third-order valence-corrected chi connectivity index (χ3v) is 8.28. The molecule has 0 unspecified atom stereocenters. The lowest BCUT2D eigenvalue weighted by atomic mass is 9.71. The summed E-state index contributed by atoms with van der Waals surface area (Å²) in [7, 11) is 0. The highest BCUT2D eigenvalue weighted by atomic mass is 16.5. The molecule has 3 aliphatic rings.